The lowest BCUT2D eigenvalue weighted by Gasteiger charge is -2.13. The molecule has 1 aromatic heterocycles. The van der Waals surface area contributed by atoms with Crippen molar-refractivity contribution in [3.8, 4) is 16.8 Å². The Bertz CT molecular complexity index is 1370. The molecule has 0 atom stereocenters. The molecule has 3 nitrogen and oxygen atoms in total. The molecule has 162 valence electrons. The van der Waals surface area contributed by atoms with E-state index in [0.717, 1.165) is 28.3 Å². The van der Waals surface area contributed by atoms with Gasteiger partial charge in [-0.1, -0.05) is 84.6 Å². The van der Waals surface area contributed by atoms with Crippen LogP contribution in [-0.4, -0.2) is 14.8 Å². The minimum atomic E-state index is -0.0757. The summed E-state index contributed by atoms with van der Waals surface area (Å²) >= 11 is 6.86. The lowest BCUT2D eigenvalue weighted by molar-refractivity contribution is -0.113. The molecule has 0 radical (unpaired) electrons. The molecule has 4 aromatic rings. The van der Waals surface area contributed by atoms with Crippen LogP contribution in [0.25, 0.3) is 22.9 Å². The van der Waals surface area contributed by atoms with E-state index in [1.54, 1.807) is 4.90 Å². The van der Waals surface area contributed by atoms with Gasteiger partial charge in [0.15, 0.2) is 4.32 Å². The van der Waals surface area contributed by atoms with E-state index in [0.29, 0.717) is 9.23 Å². The minimum absolute atomic E-state index is 0.0757. The number of thiocarbonyl (C=S) groups is 1. The molecule has 5 heteroatoms. The number of nitrogens with zero attached hydrogens (tertiary/aromatic N) is 2. The smallest absolute Gasteiger partial charge is 0.270 e. The summed E-state index contributed by atoms with van der Waals surface area (Å²) in [5.41, 5.74) is 7.51. The normalized spacial score (nSPS) is 15.0. The fraction of sp³-hybridized carbons (Fsp3) is 0.0714. The zero-order valence-electron chi connectivity index (χ0n) is 18.4. The molecule has 1 aliphatic heterocycles. The van der Waals surface area contributed by atoms with E-state index in [4.69, 9.17) is 12.2 Å². The summed E-state index contributed by atoms with van der Waals surface area (Å²) in [6, 6.07) is 30.6. The fourth-order valence-corrected chi connectivity index (χ4v) is 5.46. The molecule has 0 saturated carbocycles. The second-order valence-electron chi connectivity index (χ2n) is 7.93. The predicted molar refractivity (Wildman–Crippen MR) is 143 cm³/mol. The average molecular weight is 467 g/mol. The number of para-hydroxylation sites is 1. The van der Waals surface area contributed by atoms with E-state index in [1.807, 2.05) is 42.5 Å². The summed E-state index contributed by atoms with van der Waals surface area (Å²) in [4.78, 5) is 15.4. The largest absolute Gasteiger partial charge is 0.318 e. The lowest BCUT2D eigenvalue weighted by atomic mass is 10.1. The first-order valence-electron chi connectivity index (χ1n) is 10.7. The highest BCUT2D eigenvalue weighted by molar-refractivity contribution is 8.27. The molecule has 1 fully saturated rings. The Morgan fingerprint density at radius 3 is 2.06 bits per heavy atom. The first-order chi connectivity index (χ1) is 16.0. The van der Waals surface area contributed by atoms with E-state index < -0.39 is 0 Å². The van der Waals surface area contributed by atoms with Gasteiger partial charge in [0.25, 0.3) is 5.91 Å². The maximum atomic E-state index is 13.1. The highest BCUT2D eigenvalue weighted by atomic mass is 32.2. The Labute approximate surface area is 203 Å². The van der Waals surface area contributed by atoms with Crippen molar-refractivity contribution in [3.63, 3.8) is 0 Å². The summed E-state index contributed by atoms with van der Waals surface area (Å²) in [6.45, 7) is 4.17. The molecule has 3 aromatic carbocycles. The molecule has 2 heterocycles. The third kappa shape index (κ3) is 4.06. The standard InChI is InChI=1S/C28H22N2OS2/c1-19-17-23(18-26-27(31)30(28(32)33-26)24-11-7-4-8-12-24)20(2)29(19)25-15-13-22(14-16-25)21-9-5-3-6-10-21/h3-18H,1-2H3/b26-18-. The SMILES string of the molecule is Cc1cc(/C=C2\SC(=S)N(c3ccccc3)C2=O)c(C)n1-c1ccc(-c2ccccc2)cc1. The van der Waals surface area contributed by atoms with Crippen molar-refractivity contribution in [1.29, 1.82) is 0 Å². The van der Waals surface area contributed by atoms with Crippen molar-refractivity contribution in [3.05, 3.63) is 113 Å². The van der Waals surface area contributed by atoms with Gasteiger partial charge in [-0.15, -0.1) is 0 Å². The molecule has 5 rings (SSSR count). The second-order valence-corrected chi connectivity index (χ2v) is 9.60. The van der Waals surface area contributed by atoms with Crippen LogP contribution in [0.3, 0.4) is 0 Å². The monoisotopic (exact) mass is 466 g/mol. The Kier molecular flexibility index (Phi) is 5.75. The summed E-state index contributed by atoms with van der Waals surface area (Å²) in [5.74, 6) is -0.0757. The molecule has 0 N–H and O–H groups in total. The van der Waals surface area contributed by atoms with Gasteiger partial charge in [0, 0.05) is 17.1 Å². The number of anilines is 1. The quantitative estimate of drug-likeness (QED) is 0.235. The fourth-order valence-electron chi connectivity index (χ4n) is 4.17. The number of aromatic nitrogens is 1. The van der Waals surface area contributed by atoms with Crippen LogP contribution in [0, 0.1) is 13.8 Å². The molecule has 0 bridgehead atoms. The molecule has 1 aliphatic rings. The molecule has 0 spiro atoms. The van der Waals surface area contributed by atoms with Crippen molar-refractivity contribution in [1.82, 2.24) is 4.57 Å². The summed E-state index contributed by atoms with van der Waals surface area (Å²) in [7, 11) is 0. The van der Waals surface area contributed by atoms with E-state index in [9.17, 15) is 4.79 Å². The first kappa shape index (κ1) is 21.4. The topological polar surface area (TPSA) is 25.2 Å². The number of rotatable bonds is 4. The van der Waals surface area contributed by atoms with Crippen molar-refractivity contribution >= 4 is 46.0 Å². The van der Waals surface area contributed by atoms with Gasteiger partial charge in [-0.3, -0.25) is 9.69 Å². The Morgan fingerprint density at radius 1 is 0.788 bits per heavy atom. The lowest BCUT2D eigenvalue weighted by Crippen LogP contribution is -2.27. The van der Waals surface area contributed by atoms with Crippen molar-refractivity contribution in [2.75, 3.05) is 4.90 Å². The number of thioether (sulfide) groups is 1. The van der Waals surface area contributed by atoms with Gasteiger partial charge in [0.05, 0.1) is 10.6 Å². The molecule has 33 heavy (non-hydrogen) atoms. The Hall–Kier alpha value is -3.41. The zero-order valence-corrected chi connectivity index (χ0v) is 20.0. The van der Waals surface area contributed by atoms with Crippen molar-refractivity contribution < 1.29 is 4.79 Å². The molecule has 0 aliphatic carbocycles. The molecule has 1 saturated heterocycles. The number of benzene rings is 3. The van der Waals surface area contributed by atoms with E-state index in [2.05, 4.69) is 73.0 Å². The molecule has 1 amide bonds. The molecular formula is C28H22N2OS2. The van der Waals surface area contributed by atoms with Gasteiger partial charge in [-0.05, 0) is 66.9 Å². The van der Waals surface area contributed by atoms with Gasteiger partial charge in [0.2, 0.25) is 0 Å². The maximum Gasteiger partial charge on any atom is 0.270 e. The number of hydrogen-bond acceptors (Lipinski definition) is 3. The van der Waals surface area contributed by atoms with E-state index >= 15 is 0 Å². The van der Waals surface area contributed by atoms with Crippen LogP contribution in [0.4, 0.5) is 5.69 Å². The van der Waals surface area contributed by atoms with Crippen LogP contribution in [-0.2, 0) is 4.79 Å². The highest BCUT2D eigenvalue weighted by Crippen LogP contribution is 2.37. The minimum Gasteiger partial charge on any atom is -0.318 e. The van der Waals surface area contributed by atoms with Gasteiger partial charge in [-0.25, -0.2) is 0 Å². The molecule has 0 unspecified atom stereocenters. The van der Waals surface area contributed by atoms with Crippen molar-refractivity contribution in [2.24, 2.45) is 0 Å². The van der Waals surface area contributed by atoms with Gasteiger partial charge in [-0.2, -0.15) is 0 Å². The van der Waals surface area contributed by atoms with Crippen LogP contribution in [0.1, 0.15) is 17.0 Å². The van der Waals surface area contributed by atoms with Crippen LogP contribution in [0.2, 0.25) is 0 Å². The second kappa shape index (κ2) is 8.85. The number of hydrogen-bond donors (Lipinski definition) is 0. The number of aryl methyl sites for hydroxylation is 1. The first-order valence-corrected chi connectivity index (χ1v) is 11.9. The van der Waals surface area contributed by atoms with Crippen LogP contribution < -0.4 is 4.90 Å². The van der Waals surface area contributed by atoms with Crippen LogP contribution in [0.15, 0.2) is 95.9 Å². The van der Waals surface area contributed by atoms with E-state index in [1.165, 1.54) is 22.9 Å². The average Bonchev–Trinajstić information content (AvgIpc) is 3.28. The van der Waals surface area contributed by atoms with Crippen molar-refractivity contribution in [2.45, 2.75) is 13.8 Å². The van der Waals surface area contributed by atoms with Gasteiger partial charge >= 0.3 is 0 Å². The molecular weight excluding hydrogens is 444 g/mol. The van der Waals surface area contributed by atoms with Crippen LogP contribution in [0.5, 0.6) is 0 Å². The third-order valence-corrected chi connectivity index (χ3v) is 7.10. The number of carbonyl (C=O) groups is 1. The predicted octanol–water partition coefficient (Wildman–Crippen LogP) is 7.17. The zero-order chi connectivity index (χ0) is 22.9. The third-order valence-electron chi connectivity index (χ3n) is 5.80. The number of carbonyl (C=O) groups excluding carboxylic acids is 1. The Balaban J connectivity index is 1.46. The summed E-state index contributed by atoms with van der Waals surface area (Å²) in [5, 5.41) is 0. The van der Waals surface area contributed by atoms with Gasteiger partial charge < -0.3 is 4.57 Å². The van der Waals surface area contributed by atoms with Crippen LogP contribution >= 0.6 is 24.0 Å². The summed E-state index contributed by atoms with van der Waals surface area (Å²) in [6.07, 6.45) is 1.96. The Morgan fingerprint density at radius 2 is 1.39 bits per heavy atom. The number of amides is 1. The summed E-state index contributed by atoms with van der Waals surface area (Å²) < 4.78 is 2.78. The maximum absolute atomic E-state index is 13.1. The van der Waals surface area contributed by atoms with Gasteiger partial charge in [0.1, 0.15) is 0 Å². The van der Waals surface area contributed by atoms with E-state index in [-0.39, 0.29) is 5.91 Å². The highest BCUT2D eigenvalue weighted by Gasteiger charge is 2.33.